The average molecular weight is 372 g/mol. The summed E-state index contributed by atoms with van der Waals surface area (Å²) in [6, 6.07) is 0. The molecule has 0 unspecified atom stereocenters. The van der Waals surface area contributed by atoms with Gasteiger partial charge in [-0.3, -0.25) is 9.89 Å². The molecule has 2 saturated heterocycles. The van der Waals surface area contributed by atoms with E-state index >= 15 is 0 Å². The lowest BCUT2D eigenvalue weighted by molar-refractivity contribution is -0.131. The molecule has 1 aromatic rings. The number of rotatable bonds is 4. The predicted octanol–water partition coefficient (Wildman–Crippen LogP) is 2.51. The van der Waals surface area contributed by atoms with E-state index in [2.05, 4.69) is 20.0 Å². The molecular weight excluding hydrogens is 338 g/mol. The number of H-pyrrole nitrogens is 1. The van der Waals surface area contributed by atoms with Crippen LogP contribution in [-0.2, 0) is 10.2 Å². The molecule has 4 aliphatic rings. The van der Waals surface area contributed by atoms with Crippen molar-refractivity contribution in [3.8, 4) is 0 Å². The van der Waals surface area contributed by atoms with Gasteiger partial charge < -0.3 is 9.80 Å². The first kappa shape index (κ1) is 17.7. The van der Waals surface area contributed by atoms with E-state index in [1.54, 1.807) is 0 Å². The average Bonchev–Trinajstić information content (AvgIpc) is 3.32. The fraction of sp³-hybridized carbons (Fsp3) is 0.857. The van der Waals surface area contributed by atoms with Crippen molar-refractivity contribution in [1.29, 1.82) is 0 Å². The number of nitrogens with zero attached hydrogens (tertiary/aromatic N) is 4. The van der Waals surface area contributed by atoms with E-state index < -0.39 is 0 Å². The summed E-state index contributed by atoms with van der Waals surface area (Å²) >= 11 is 0. The second-order valence-electron chi connectivity index (χ2n) is 9.60. The largest absolute Gasteiger partial charge is 0.341 e. The van der Waals surface area contributed by atoms with Gasteiger partial charge in [-0.05, 0) is 51.5 Å². The lowest BCUT2D eigenvalue weighted by atomic mass is 9.71. The molecule has 0 aromatic carbocycles. The van der Waals surface area contributed by atoms with Crippen LogP contribution in [0.5, 0.6) is 0 Å². The van der Waals surface area contributed by atoms with Gasteiger partial charge >= 0.3 is 0 Å². The van der Waals surface area contributed by atoms with Crippen LogP contribution in [-0.4, -0.2) is 63.6 Å². The molecule has 148 valence electrons. The van der Waals surface area contributed by atoms with Gasteiger partial charge in [0.25, 0.3) is 0 Å². The van der Waals surface area contributed by atoms with Crippen LogP contribution in [0.25, 0.3) is 0 Å². The molecule has 27 heavy (non-hydrogen) atoms. The molecule has 4 fully saturated rings. The number of nitrogens with one attached hydrogen (secondary N) is 1. The summed E-state index contributed by atoms with van der Waals surface area (Å²) in [6.07, 6.45) is 10.3. The third kappa shape index (κ3) is 3.30. The minimum absolute atomic E-state index is 0.0433. The van der Waals surface area contributed by atoms with Gasteiger partial charge in [-0.15, -0.1) is 0 Å². The monoisotopic (exact) mass is 371 g/mol. The number of aromatic amines is 1. The van der Waals surface area contributed by atoms with E-state index in [-0.39, 0.29) is 5.41 Å². The lowest BCUT2D eigenvalue weighted by Gasteiger charge is -2.43. The van der Waals surface area contributed by atoms with Crippen molar-refractivity contribution in [3.63, 3.8) is 0 Å². The Hall–Kier alpha value is -1.43. The van der Waals surface area contributed by atoms with E-state index in [4.69, 9.17) is 4.98 Å². The third-order valence-electron chi connectivity index (χ3n) is 7.57. The number of hydrogen-bond donors (Lipinski definition) is 1. The van der Waals surface area contributed by atoms with Gasteiger partial charge in [0.1, 0.15) is 5.82 Å². The molecular formula is C21H33N5O. The van der Waals surface area contributed by atoms with Crippen molar-refractivity contribution in [1.82, 2.24) is 25.0 Å². The van der Waals surface area contributed by atoms with Crippen LogP contribution in [0.4, 0.5) is 0 Å². The number of carbonyl (C=O) groups excluding carboxylic acids is 1. The second kappa shape index (κ2) is 6.87. The molecule has 2 saturated carbocycles. The van der Waals surface area contributed by atoms with E-state index in [1.807, 2.05) is 6.92 Å². The van der Waals surface area contributed by atoms with Gasteiger partial charge in [-0.1, -0.05) is 19.3 Å². The smallest absolute Gasteiger partial charge is 0.225 e. The molecule has 2 aliphatic carbocycles. The zero-order valence-corrected chi connectivity index (χ0v) is 16.6. The van der Waals surface area contributed by atoms with Crippen molar-refractivity contribution in [2.24, 2.45) is 17.8 Å². The molecule has 0 radical (unpaired) electrons. The molecule has 5 rings (SSSR count). The highest BCUT2D eigenvalue weighted by molar-refractivity contribution is 5.81. The standard InChI is InChI=1S/C21H33N5O/c1-15-22-20(24-23-15)21-9-10-25(11-16-5-3-2-4-6-16)12-18(21)13-26(14-21)19(27)17-7-8-17/h16-18H,2-14H2,1H3,(H,22,23,24)/t18-,21-/m1/s1. The lowest BCUT2D eigenvalue weighted by Crippen LogP contribution is -2.51. The maximum atomic E-state index is 12.8. The Labute approximate surface area is 162 Å². The van der Waals surface area contributed by atoms with Gasteiger partial charge in [-0.25, -0.2) is 4.98 Å². The predicted molar refractivity (Wildman–Crippen MR) is 103 cm³/mol. The molecule has 1 aromatic heterocycles. The van der Waals surface area contributed by atoms with Gasteiger partial charge in [0.2, 0.25) is 5.91 Å². The van der Waals surface area contributed by atoms with E-state index in [0.717, 1.165) is 63.0 Å². The molecule has 2 atom stereocenters. The summed E-state index contributed by atoms with van der Waals surface area (Å²) in [6.45, 7) is 7.15. The Balaban J connectivity index is 1.34. The van der Waals surface area contributed by atoms with Crippen molar-refractivity contribution in [3.05, 3.63) is 11.6 Å². The Bertz CT molecular complexity index is 692. The van der Waals surface area contributed by atoms with Crippen LogP contribution in [0, 0.1) is 24.7 Å². The zero-order chi connectivity index (χ0) is 18.4. The number of aryl methyl sites for hydroxylation is 1. The molecule has 2 aliphatic heterocycles. The Kier molecular flexibility index (Phi) is 4.49. The summed E-state index contributed by atoms with van der Waals surface area (Å²) < 4.78 is 0. The Morgan fingerprint density at radius 2 is 2.00 bits per heavy atom. The van der Waals surface area contributed by atoms with E-state index in [9.17, 15) is 4.79 Å². The molecule has 3 heterocycles. The van der Waals surface area contributed by atoms with Crippen LogP contribution in [0.2, 0.25) is 0 Å². The molecule has 0 spiro atoms. The van der Waals surface area contributed by atoms with Crippen LogP contribution in [0.3, 0.4) is 0 Å². The van der Waals surface area contributed by atoms with Crippen molar-refractivity contribution in [2.45, 2.75) is 63.7 Å². The number of amides is 1. The minimum Gasteiger partial charge on any atom is -0.341 e. The molecule has 1 N–H and O–H groups in total. The third-order valence-corrected chi connectivity index (χ3v) is 7.57. The van der Waals surface area contributed by atoms with Crippen molar-refractivity contribution >= 4 is 5.91 Å². The van der Waals surface area contributed by atoms with Crippen molar-refractivity contribution in [2.75, 3.05) is 32.7 Å². The summed E-state index contributed by atoms with van der Waals surface area (Å²) in [4.78, 5) is 22.4. The number of carbonyl (C=O) groups is 1. The topological polar surface area (TPSA) is 65.1 Å². The summed E-state index contributed by atoms with van der Waals surface area (Å²) in [5.41, 5.74) is -0.0433. The van der Waals surface area contributed by atoms with Gasteiger partial charge in [0.15, 0.2) is 5.82 Å². The molecule has 6 heteroatoms. The summed E-state index contributed by atoms with van der Waals surface area (Å²) in [7, 11) is 0. The molecule has 1 amide bonds. The Morgan fingerprint density at radius 1 is 1.19 bits per heavy atom. The van der Waals surface area contributed by atoms with E-state index in [1.165, 1.54) is 38.6 Å². The Morgan fingerprint density at radius 3 is 2.70 bits per heavy atom. The molecule has 6 nitrogen and oxygen atoms in total. The van der Waals surface area contributed by atoms with E-state index in [0.29, 0.717) is 17.7 Å². The first-order valence-corrected chi connectivity index (χ1v) is 11.0. The normalized spacial score (nSPS) is 32.6. The number of aromatic nitrogens is 3. The fourth-order valence-electron chi connectivity index (χ4n) is 5.84. The highest BCUT2D eigenvalue weighted by Gasteiger charge is 2.55. The minimum atomic E-state index is -0.0433. The zero-order valence-electron chi connectivity index (χ0n) is 16.6. The highest BCUT2D eigenvalue weighted by atomic mass is 16.2. The van der Waals surface area contributed by atoms with Gasteiger partial charge in [0, 0.05) is 38.0 Å². The number of hydrogen-bond acceptors (Lipinski definition) is 4. The number of piperidine rings is 1. The van der Waals surface area contributed by atoms with Gasteiger partial charge in [0.05, 0.1) is 5.41 Å². The van der Waals surface area contributed by atoms with Gasteiger partial charge in [-0.2, -0.15) is 5.10 Å². The number of fused-ring (bicyclic) bond motifs is 1. The summed E-state index contributed by atoms with van der Waals surface area (Å²) in [5.74, 6) is 3.86. The first-order valence-electron chi connectivity index (χ1n) is 11.0. The van der Waals surface area contributed by atoms with Crippen LogP contribution in [0.1, 0.15) is 63.0 Å². The quantitative estimate of drug-likeness (QED) is 0.883. The fourth-order valence-corrected chi connectivity index (χ4v) is 5.84. The van der Waals surface area contributed by atoms with Crippen LogP contribution < -0.4 is 0 Å². The molecule has 0 bridgehead atoms. The SMILES string of the molecule is Cc1nc([C@@]23CCN(CC4CCCCC4)C[C@@H]2CN(C(=O)C2CC2)C3)n[nH]1. The maximum absolute atomic E-state index is 12.8. The second-order valence-corrected chi connectivity index (χ2v) is 9.60. The highest BCUT2D eigenvalue weighted by Crippen LogP contribution is 2.46. The van der Waals surface area contributed by atoms with Crippen molar-refractivity contribution < 1.29 is 4.79 Å². The van der Waals surface area contributed by atoms with Crippen LogP contribution in [0.15, 0.2) is 0 Å². The summed E-state index contributed by atoms with van der Waals surface area (Å²) in [5, 5.41) is 7.63. The van der Waals surface area contributed by atoms with Crippen LogP contribution >= 0.6 is 0 Å². The maximum Gasteiger partial charge on any atom is 0.225 e. The first-order chi connectivity index (χ1) is 13.1. The number of likely N-dealkylation sites (tertiary alicyclic amines) is 2.